The number of hydrogen-bond acceptors (Lipinski definition) is 3. The molecule has 0 aromatic carbocycles. The van der Waals surface area contributed by atoms with Crippen molar-refractivity contribution >= 4 is 0 Å². The molecule has 1 unspecified atom stereocenters. The van der Waals surface area contributed by atoms with Gasteiger partial charge in [-0.15, -0.1) is 0 Å². The van der Waals surface area contributed by atoms with Crippen molar-refractivity contribution in [2.75, 3.05) is 13.1 Å². The van der Waals surface area contributed by atoms with E-state index in [9.17, 15) is 0 Å². The number of hydrogen-bond donors (Lipinski definition) is 1. The van der Waals surface area contributed by atoms with Crippen LogP contribution in [0.3, 0.4) is 0 Å². The molecule has 1 aliphatic heterocycles. The molecule has 1 fully saturated rings. The summed E-state index contributed by atoms with van der Waals surface area (Å²) in [5, 5.41) is 7.66. The van der Waals surface area contributed by atoms with Crippen LogP contribution in [0, 0.1) is 5.92 Å². The molecular formula is C11H19N3O. The molecule has 84 valence electrons. The standard InChI is InChI=1S/C11H19N3O/c1-9(2)15-11-6-13-14(8-11)7-10-3-4-12-5-10/h6,8-10,12H,3-5,7H2,1-2H3. The summed E-state index contributed by atoms with van der Waals surface area (Å²) in [6.07, 6.45) is 5.25. The molecule has 1 N–H and O–H groups in total. The average molecular weight is 209 g/mol. The average Bonchev–Trinajstić information content (AvgIpc) is 2.77. The third-order valence-electron chi connectivity index (χ3n) is 2.59. The Balaban J connectivity index is 1.88. The lowest BCUT2D eigenvalue weighted by atomic mass is 10.1. The molecule has 1 atom stereocenters. The number of ether oxygens (including phenoxy) is 1. The van der Waals surface area contributed by atoms with E-state index in [4.69, 9.17) is 4.74 Å². The van der Waals surface area contributed by atoms with Crippen LogP contribution >= 0.6 is 0 Å². The molecule has 0 bridgehead atoms. The molecule has 0 aliphatic carbocycles. The van der Waals surface area contributed by atoms with Crippen LogP contribution in [-0.4, -0.2) is 29.0 Å². The van der Waals surface area contributed by atoms with Crippen LogP contribution in [0.5, 0.6) is 5.75 Å². The largest absolute Gasteiger partial charge is 0.488 e. The monoisotopic (exact) mass is 209 g/mol. The lowest BCUT2D eigenvalue weighted by Crippen LogP contribution is -2.14. The summed E-state index contributed by atoms with van der Waals surface area (Å²) in [5.41, 5.74) is 0. The highest BCUT2D eigenvalue weighted by Crippen LogP contribution is 2.14. The van der Waals surface area contributed by atoms with Gasteiger partial charge in [0.05, 0.1) is 18.5 Å². The van der Waals surface area contributed by atoms with Crippen LogP contribution in [0.15, 0.2) is 12.4 Å². The van der Waals surface area contributed by atoms with E-state index in [2.05, 4.69) is 10.4 Å². The van der Waals surface area contributed by atoms with Crippen molar-refractivity contribution in [3.63, 3.8) is 0 Å². The van der Waals surface area contributed by atoms with Crippen molar-refractivity contribution in [3.8, 4) is 5.75 Å². The molecule has 0 spiro atoms. The summed E-state index contributed by atoms with van der Waals surface area (Å²) >= 11 is 0. The smallest absolute Gasteiger partial charge is 0.157 e. The van der Waals surface area contributed by atoms with E-state index < -0.39 is 0 Å². The van der Waals surface area contributed by atoms with Crippen LogP contribution in [-0.2, 0) is 6.54 Å². The van der Waals surface area contributed by atoms with Crippen LogP contribution in [0.4, 0.5) is 0 Å². The van der Waals surface area contributed by atoms with Gasteiger partial charge in [-0.05, 0) is 39.3 Å². The number of aromatic nitrogens is 2. The van der Waals surface area contributed by atoms with E-state index in [0.717, 1.165) is 31.3 Å². The molecule has 2 rings (SSSR count). The molecule has 1 aliphatic rings. The van der Waals surface area contributed by atoms with Crippen molar-refractivity contribution in [3.05, 3.63) is 12.4 Å². The maximum atomic E-state index is 5.56. The second-order valence-electron chi connectivity index (χ2n) is 4.42. The van der Waals surface area contributed by atoms with Gasteiger partial charge in [-0.2, -0.15) is 5.10 Å². The Labute approximate surface area is 90.6 Å². The second kappa shape index (κ2) is 4.66. The van der Waals surface area contributed by atoms with Gasteiger partial charge in [0.2, 0.25) is 0 Å². The molecule has 0 radical (unpaired) electrons. The van der Waals surface area contributed by atoms with E-state index in [-0.39, 0.29) is 6.10 Å². The fraction of sp³-hybridized carbons (Fsp3) is 0.727. The molecule has 1 aromatic heterocycles. The molecule has 2 heterocycles. The van der Waals surface area contributed by atoms with Crippen molar-refractivity contribution in [2.24, 2.45) is 5.92 Å². The third-order valence-corrected chi connectivity index (χ3v) is 2.59. The topological polar surface area (TPSA) is 39.1 Å². The summed E-state index contributed by atoms with van der Waals surface area (Å²) in [6.45, 7) is 7.30. The maximum Gasteiger partial charge on any atom is 0.157 e. The Morgan fingerprint density at radius 3 is 3.20 bits per heavy atom. The third kappa shape index (κ3) is 2.96. The fourth-order valence-electron chi connectivity index (χ4n) is 1.91. The fourth-order valence-corrected chi connectivity index (χ4v) is 1.91. The number of nitrogens with zero attached hydrogens (tertiary/aromatic N) is 2. The first-order valence-electron chi connectivity index (χ1n) is 5.64. The van der Waals surface area contributed by atoms with Gasteiger partial charge < -0.3 is 10.1 Å². The summed E-state index contributed by atoms with van der Waals surface area (Å²) in [5.74, 6) is 1.59. The lowest BCUT2D eigenvalue weighted by molar-refractivity contribution is 0.242. The SMILES string of the molecule is CC(C)Oc1cnn(CC2CCNC2)c1. The molecule has 0 amide bonds. The number of rotatable bonds is 4. The molecular weight excluding hydrogens is 190 g/mol. The lowest BCUT2D eigenvalue weighted by Gasteiger charge is -2.08. The normalized spacial score (nSPS) is 21.1. The highest BCUT2D eigenvalue weighted by atomic mass is 16.5. The molecule has 4 heteroatoms. The minimum Gasteiger partial charge on any atom is -0.488 e. The van der Waals surface area contributed by atoms with Gasteiger partial charge >= 0.3 is 0 Å². The Bertz CT molecular complexity index is 303. The van der Waals surface area contributed by atoms with Gasteiger partial charge in [-0.3, -0.25) is 4.68 Å². The number of nitrogens with one attached hydrogen (secondary N) is 1. The molecule has 1 saturated heterocycles. The summed E-state index contributed by atoms with van der Waals surface area (Å²) < 4.78 is 7.54. The Kier molecular flexibility index (Phi) is 3.26. The van der Waals surface area contributed by atoms with Crippen molar-refractivity contribution in [2.45, 2.75) is 32.9 Å². The Morgan fingerprint density at radius 2 is 2.53 bits per heavy atom. The first-order chi connectivity index (χ1) is 7.24. The highest BCUT2D eigenvalue weighted by Gasteiger charge is 2.15. The van der Waals surface area contributed by atoms with Crippen LogP contribution in [0.1, 0.15) is 20.3 Å². The predicted octanol–water partition coefficient (Wildman–Crippen LogP) is 1.28. The van der Waals surface area contributed by atoms with Gasteiger partial charge in [-0.25, -0.2) is 0 Å². The van der Waals surface area contributed by atoms with E-state index in [0.29, 0.717) is 0 Å². The zero-order valence-corrected chi connectivity index (χ0v) is 9.44. The quantitative estimate of drug-likeness (QED) is 0.812. The van der Waals surface area contributed by atoms with Crippen molar-refractivity contribution < 1.29 is 4.74 Å². The Hall–Kier alpha value is -1.03. The summed E-state index contributed by atoms with van der Waals surface area (Å²) in [6, 6.07) is 0. The Morgan fingerprint density at radius 1 is 1.67 bits per heavy atom. The van der Waals surface area contributed by atoms with Crippen LogP contribution in [0.2, 0.25) is 0 Å². The van der Waals surface area contributed by atoms with Gasteiger partial charge in [0, 0.05) is 6.54 Å². The molecule has 0 saturated carbocycles. The maximum absolute atomic E-state index is 5.56. The minimum absolute atomic E-state index is 0.218. The molecule has 4 nitrogen and oxygen atoms in total. The van der Waals surface area contributed by atoms with Gasteiger partial charge in [-0.1, -0.05) is 0 Å². The zero-order valence-electron chi connectivity index (χ0n) is 9.44. The van der Waals surface area contributed by atoms with Crippen molar-refractivity contribution in [1.82, 2.24) is 15.1 Å². The summed E-state index contributed by atoms with van der Waals surface area (Å²) in [4.78, 5) is 0. The minimum atomic E-state index is 0.218. The summed E-state index contributed by atoms with van der Waals surface area (Å²) in [7, 11) is 0. The van der Waals surface area contributed by atoms with E-state index in [1.54, 1.807) is 6.20 Å². The van der Waals surface area contributed by atoms with Crippen LogP contribution in [0.25, 0.3) is 0 Å². The predicted molar refractivity (Wildman–Crippen MR) is 59.0 cm³/mol. The van der Waals surface area contributed by atoms with E-state index in [1.165, 1.54) is 6.42 Å². The van der Waals surface area contributed by atoms with E-state index >= 15 is 0 Å². The van der Waals surface area contributed by atoms with Crippen LogP contribution < -0.4 is 10.1 Å². The van der Waals surface area contributed by atoms with Gasteiger partial charge in [0.25, 0.3) is 0 Å². The zero-order chi connectivity index (χ0) is 10.7. The first-order valence-corrected chi connectivity index (χ1v) is 5.64. The van der Waals surface area contributed by atoms with Gasteiger partial charge in [0.1, 0.15) is 0 Å². The van der Waals surface area contributed by atoms with Gasteiger partial charge in [0.15, 0.2) is 5.75 Å². The van der Waals surface area contributed by atoms with Crippen molar-refractivity contribution in [1.29, 1.82) is 0 Å². The molecule has 15 heavy (non-hydrogen) atoms. The highest BCUT2D eigenvalue weighted by molar-refractivity contribution is 5.11. The molecule has 1 aromatic rings. The van der Waals surface area contributed by atoms with E-state index in [1.807, 2.05) is 24.7 Å². The second-order valence-corrected chi connectivity index (χ2v) is 4.42. The first kappa shape index (κ1) is 10.5.